The van der Waals surface area contributed by atoms with Crippen molar-refractivity contribution >= 4 is 43.1 Å². The number of hydrogen-bond donors (Lipinski definition) is 0. The highest BCUT2D eigenvalue weighted by Crippen LogP contribution is 2.54. The van der Waals surface area contributed by atoms with E-state index < -0.39 is 0 Å². The molecule has 0 saturated carbocycles. The molecule has 0 radical (unpaired) electrons. The minimum absolute atomic E-state index is 0.0767. The molecule has 1 aliphatic carbocycles. The third kappa shape index (κ3) is 4.11. The molecule has 0 spiro atoms. The summed E-state index contributed by atoms with van der Waals surface area (Å²) < 4.78 is 0. The summed E-state index contributed by atoms with van der Waals surface area (Å²) >= 11 is 0. The third-order valence-electron chi connectivity index (χ3n) is 11.0. The molecule has 49 heavy (non-hydrogen) atoms. The molecule has 0 nitrogen and oxygen atoms in total. The Morgan fingerprint density at radius 3 is 1.73 bits per heavy atom. The van der Waals surface area contributed by atoms with E-state index in [1.807, 2.05) is 0 Å². The molecular formula is C49H34. The Hall–Kier alpha value is -5.98. The van der Waals surface area contributed by atoms with Crippen LogP contribution in [-0.2, 0) is 5.41 Å². The van der Waals surface area contributed by atoms with Crippen molar-refractivity contribution in [1.29, 1.82) is 0 Å². The summed E-state index contributed by atoms with van der Waals surface area (Å²) in [6.07, 6.45) is 0. The Morgan fingerprint density at radius 2 is 0.878 bits per heavy atom. The zero-order chi connectivity index (χ0) is 32.7. The van der Waals surface area contributed by atoms with Crippen LogP contribution in [-0.4, -0.2) is 0 Å². The van der Waals surface area contributed by atoms with Gasteiger partial charge >= 0.3 is 0 Å². The van der Waals surface area contributed by atoms with Gasteiger partial charge in [0.25, 0.3) is 0 Å². The lowest BCUT2D eigenvalue weighted by Crippen LogP contribution is -2.14. The largest absolute Gasteiger partial charge is 0.0619 e. The summed E-state index contributed by atoms with van der Waals surface area (Å²) in [6.45, 7) is 4.75. The van der Waals surface area contributed by atoms with Gasteiger partial charge in [-0.1, -0.05) is 172 Å². The molecule has 0 atom stereocenters. The second kappa shape index (κ2) is 10.5. The standard InChI is InChI=1S/C49H34/c1-49(2)44-23-10-9-20-41(44)48-42(22-12-24-45(48)49)47-39-19-8-7-18-38(39)46(35-26-25-31-13-3-4-15-33(31)29-35)40-28-27-34(30-43(40)47)37-21-11-16-32-14-5-6-17-36(32)37/h3-30H,1-2H3. The SMILES string of the molecule is CC1(C)c2ccccc2-c2c(-c3c4ccccc4c(-c4ccc5ccccc5c4)c4ccc(-c5cccc6ccccc56)cc34)cccc21. The van der Waals surface area contributed by atoms with Gasteiger partial charge in [0.2, 0.25) is 0 Å². The average molecular weight is 623 g/mol. The second-order valence-corrected chi connectivity index (χ2v) is 14.0. The first-order valence-corrected chi connectivity index (χ1v) is 17.3. The van der Waals surface area contributed by atoms with Crippen molar-refractivity contribution in [3.63, 3.8) is 0 Å². The first-order chi connectivity index (χ1) is 24.1. The molecular weight excluding hydrogens is 589 g/mol. The molecule has 230 valence electrons. The van der Waals surface area contributed by atoms with Crippen LogP contribution in [0.1, 0.15) is 25.0 Å². The van der Waals surface area contributed by atoms with Crippen molar-refractivity contribution in [2.75, 3.05) is 0 Å². The van der Waals surface area contributed by atoms with Gasteiger partial charge in [-0.3, -0.25) is 0 Å². The first kappa shape index (κ1) is 28.1. The fourth-order valence-corrected chi connectivity index (χ4v) is 8.73. The Morgan fingerprint density at radius 1 is 0.306 bits per heavy atom. The molecule has 0 N–H and O–H groups in total. The maximum Gasteiger partial charge on any atom is 0.0159 e. The van der Waals surface area contributed by atoms with E-state index in [4.69, 9.17) is 0 Å². The molecule has 9 aromatic carbocycles. The van der Waals surface area contributed by atoms with Gasteiger partial charge in [0.05, 0.1) is 0 Å². The Labute approximate surface area is 286 Å². The van der Waals surface area contributed by atoms with E-state index in [1.54, 1.807) is 0 Å². The van der Waals surface area contributed by atoms with E-state index in [1.165, 1.54) is 98.7 Å². The smallest absolute Gasteiger partial charge is 0.0159 e. The Balaban J connectivity index is 1.37. The number of rotatable bonds is 3. The van der Waals surface area contributed by atoms with Crippen molar-refractivity contribution in [1.82, 2.24) is 0 Å². The molecule has 0 amide bonds. The predicted octanol–water partition coefficient (Wildman–Crippen LogP) is 13.6. The third-order valence-corrected chi connectivity index (χ3v) is 11.0. The Bertz CT molecular complexity index is 2790. The van der Waals surface area contributed by atoms with E-state index in [0.717, 1.165) is 0 Å². The fourth-order valence-electron chi connectivity index (χ4n) is 8.73. The van der Waals surface area contributed by atoms with Gasteiger partial charge in [-0.25, -0.2) is 0 Å². The highest BCUT2D eigenvalue weighted by Gasteiger charge is 2.37. The molecule has 0 bridgehead atoms. The molecule has 0 saturated heterocycles. The highest BCUT2D eigenvalue weighted by molar-refractivity contribution is 6.23. The summed E-state index contributed by atoms with van der Waals surface area (Å²) in [5.41, 5.74) is 13.1. The maximum atomic E-state index is 2.47. The molecule has 0 fully saturated rings. The van der Waals surface area contributed by atoms with Crippen LogP contribution in [0.5, 0.6) is 0 Å². The monoisotopic (exact) mass is 622 g/mol. The molecule has 0 unspecified atom stereocenters. The zero-order valence-corrected chi connectivity index (χ0v) is 27.7. The van der Waals surface area contributed by atoms with Gasteiger partial charge in [-0.05, 0) is 111 Å². The van der Waals surface area contributed by atoms with Crippen LogP contribution in [0.15, 0.2) is 170 Å². The van der Waals surface area contributed by atoms with Crippen molar-refractivity contribution in [2.24, 2.45) is 0 Å². The van der Waals surface area contributed by atoms with Crippen LogP contribution in [0.4, 0.5) is 0 Å². The minimum atomic E-state index is -0.0767. The lowest BCUT2D eigenvalue weighted by Gasteiger charge is -2.23. The molecule has 10 rings (SSSR count). The quantitative estimate of drug-likeness (QED) is 0.172. The molecule has 0 heteroatoms. The molecule has 9 aromatic rings. The predicted molar refractivity (Wildman–Crippen MR) is 210 cm³/mol. The van der Waals surface area contributed by atoms with Crippen LogP contribution >= 0.6 is 0 Å². The Kier molecular flexibility index (Phi) is 6.02. The summed E-state index contributed by atoms with van der Waals surface area (Å²) in [7, 11) is 0. The topological polar surface area (TPSA) is 0 Å². The van der Waals surface area contributed by atoms with Crippen LogP contribution in [0.25, 0.3) is 87.6 Å². The van der Waals surface area contributed by atoms with Gasteiger partial charge in [0, 0.05) is 5.41 Å². The molecule has 0 aromatic heterocycles. The van der Waals surface area contributed by atoms with Crippen molar-refractivity contribution < 1.29 is 0 Å². The van der Waals surface area contributed by atoms with Crippen LogP contribution < -0.4 is 0 Å². The van der Waals surface area contributed by atoms with Crippen molar-refractivity contribution in [3.05, 3.63) is 181 Å². The lowest BCUT2D eigenvalue weighted by molar-refractivity contribution is 0.660. The normalized spacial score (nSPS) is 13.3. The maximum absolute atomic E-state index is 2.47. The van der Waals surface area contributed by atoms with Crippen molar-refractivity contribution in [3.8, 4) is 44.5 Å². The molecule has 0 aliphatic heterocycles. The summed E-state index contributed by atoms with van der Waals surface area (Å²) in [4.78, 5) is 0. The lowest BCUT2D eigenvalue weighted by atomic mass is 9.80. The average Bonchev–Trinajstić information content (AvgIpc) is 3.39. The minimum Gasteiger partial charge on any atom is -0.0619 e. The van der Waals surface area contributed by atoms with E-state index in [-0.39, 0.29) is 5.41 Å². The van der Waals surface area contributed by atoms with Gasteiger partial charge < -0.3 is 0 Å². The molecule has 1 aliphatic rings. The van der Waals surface area contributed by atoms with Gasteiger partial charge in [0.15, 0.2) is 0 Å². The summed E-state index contributed by atoms with van der Waals surface area (Å²) in [5.74, 6) is 0. The van der Waals surface area contributed by atoms with E-state index in [2.05, 4.69) is 184 Å². The van der Waals surface area contributed by atoms with Crippen LogP contribution in [0.2, 0.25) is 0 Å². The van der Waals surface area contributed by atoms with Gasteiger partial charge in [-0.2, -0.15) is 0 Å². The van der Waals surface area contributed by atoms with E-state index in [9.17, 15) is 0 Å². The second-order valence-electron chi connectivity index (χ2n) is 14.0. The number of benzene rings is 9. The van der Waals surface area contributed by atoms with Crippen molar-refractivity contribution in [2.45, 2.75) is 19.3 Å². The van der Waals surface area contributed by atoms with Crippen LogP contribution in [0.3, 0.4) is 0 Å². The zero-order valence-electron chi connectivity index (χ0n) is 27.7. The van der Waals surface area contributed by atoms with Gasteiger partial charge in [-0.15, -0.1) is 0 Å². The summed E-state index contributed by atoms with van der Waals surface area (Å²) in [6, 6.07) is 63.3. The number of fused-ring (bicyclic) bond motifs is 7. The van der Waals surface area contributed by atoms with E-state index in [0.29, 0.717) is 0 Å². The number of hydrogen-bond acceptors (Lipinski definition) is 0. The van der Waals surface area contributed by atoms with E-state index >= 15 is 0 Å². The van der Waals surface area contributed by atoms with Crippen LogP contribution in [0, 0.1) is 0 Å². The first-order valence-electron chi connectivity index (χ1n) is 17.3. The summed E-state index contributed by atoms with van der Waals surface area (Å²) in [5, 5.41) is 10.2. The highest BCUT2D eigenvalue weighted by atomic mass is 14.4. The molecule has 0 heterocycles. The fraction of sp³-hybridized carbons (Fsp3) is 0.0612. The van der Waals surface area contributed by atoms with Gasteiger partial charge in [0.1, 0.15) is 0 Å².